The molecular weight excluding hydrogens is 180 g/mol. The summed E-state index contributed by atoms with van der Waals surface area (Å²) in [5.41, 5.74) is 2.23. The minimum absolute atomic E-state index is 0.730. The van der Waals surface area contributed by atoms with E-state index in [1.54, 1.807) is 0 Å². The molecule has 1 nitrogen and oxygen atoms in total. The van der Waals surface area contributed by atoms with Gasteiger partial charge in [0.15, 0.2) is 0 Å². The lowest BCUT2D eigenvalue weighted by Crippen LogP contribution is -1.85. The van der Waals surface area contributed by atoms with Crippen molar-refractivity contribution in [3.05, 3.63) is 42.5 Å². The van der Waals surface area contributed by atoms with Crippen molar-refractivity contribution in [2.45, 2.75) is 0 Å². The van der Waals surface area contributed by atoms with Gasteiger partial charge in [-0.05, 0) is 35.1 Å². The maximum atomic E-state index is 4.98. The summed E-state index contributed by atoms with van der Waals surface area (Å²) in [7, 11) is 0. The second kappa shape index (κ2) is 3.54. The number of ether oxygens (including phenoxy) is 1. The lowest BCUT2D eigenvalue weighted by Gasteiger charge is -2.00. The van der Waals surface area contributed by atoms with Gasteiger partial charge in [-0.2, -0.15) is 0 Å². The Labute approximate surface area is 82.0 Å². The van der Waals surface area contributed by atoms with Crippen molar-refractivity contribution in [1.82, 2.24) is 0 Å². The van der Waals surface area contributed by atoms with E-state index in [1.165, 1.54) is 5.39 Å². The van der Waals surface area contributed by atoms with Crippen LogP contribution in [0.2, 0.25) is 0 Å². The van der Waals surface area contributed by atoms with Crippen molar-refractivity contribution in [2.75, 3.05) is 0 Å². The van der Waals surface area contributed by atoms with Gasteiger partial charge in [-0.3, -0.25) is 0 Å². The minimum atomic E-state index is 0.730. The van der Waals surface area contributed by atoms with Crippen LogP contribution in [0.3, 0.4) is 0 Å². The Morgan fingerprint density at radius 2 is 1.77 bits per heavy atom. The van der Waals surface area contributed by atoms with Gasteiger partial charge in [0.25, 0.3) is 0 Å². The molecule has 0 atom stereocenters. The second-order valence-corrected chi connectivity index (χ2v) is 2.86. The smallest absolute Gasteiger partial charge is 0.245 e. The summed E-state index contributed by atoms with van der Waals surface area (Å²) in [5.74, 6) is 0.730. The van der Waals surface area contributed by atoms with E-state index in [4.69, 9.17) is 4.74 Å². The monoisotopic (exact) mass is 187 g/mol. The number of hydrogen-bond acceptors (Lipinski definition) is 2. The van der Waals surface area contributed by atoms with Crippen LogP contribution in [0.4, 0.5) is 0 Å². The van der Waals surface area contributed by atoms with Gasteiger partial charge in [0.05, 0.1) is 0 Å². The molecule has 0 heterocycles. The van der Waals surface area contributed by atoms with Crippen LogP contribution in [0.5, 0.6) is 5.75 Å². The van der Waals surface area contributed by atoms with Crippen molar-refractivity contribution in [1.29, 1.82) is 0 Å². The molecule has 13 heavy (non-hydrogen) atoms. The normalized spacial score (nSPS) is 9.85. The van der Waals surface area contributed by atoms with E-state index in [9.17, 15) is 0 Å². The topological polar surface area (TPSA) is 9.23 Å². The van der Waals surface area contributed by atoms with Crippen molar-refractivity contribution in [2.24, 2.45) is 0 Å². The first-order valence-corrected chi connectivity index (χ1v) is 4.34. The molecule has 2 rings (SSSR count). The summed E-state index contributed by atoms with van der Waals surface area (Å²) in [4.78, 5) is 0. The number of hydrogen-bond donors (Lipinski definition) is 0. The third-order valence-corrected chi connectivity index (χ3v) is 1.96. The summed E-state index contributed by atoms with van der Waals surface area (Å²) < 4.78 is 4.98. The molecule has 0 amide bonds. The summed E-state index contributed by atoms with van der Waals surface area (Å²) in [6.07, 6.45) is 0. The highest BCUT2D eigenvalue weighted by Crippen LogP contribution is 2.19. The molecule has 0 aromatic heterocycles. The van der Waals surface area contributed by atoms with Gasteiger partial charge in [0.1, 0.15) is 5.75 Å². The molecule has 0 aliphatic rings. The molecule has 0 unspecified atom stereocenters. The SMILES string of the molecule is S=[C]Oc1ccc2ccccc2c1. The van der Waals surface area contributed by atoms with Crippen LogP contribution in [-0.4, -0.2) is 5.55 Å². The van der Waals surface area contributed by atoms with Crippen molar-refractivity contribution in [3.63, 3.8) is 0 Å². The quantitative estimate of drug-likeness (QED) is 0.668. The third-order valence-electron chi connectivity index (χ3n) is 1.88. The first-order chi connectivity index (χ1) is 6.40. The molecule has 0 aliphatic carbocycles. The molecule has 0 fully saturated rings. The van der Waals surface area contributed by atoms with Gasteiger partial charge in [-0.25, -0.2) is 0 Å². The van der Waals surface area contributed by atoms with Crippen LogP contribution in [0.25, 0.3) is 10.8 Å². The Balaban J connectivity index is 2.55. The predicted octanol–water partition coefficient (Wildman–Crippen LogP) is 3.05. The van der Waals surface area contributed by atoms with Crippen LogP contribution in [0.1, 0.15) is 0 Å². The number of rotatable bonds is 2. The molecule has 0 saturated heterocycles. The highest BCUT2D eigenvalue weighted by molar-refractivity contribution is 7.78. The fraction of sp³-hybridized carbons (Fsp3) is 0. The van der Waals surface area contributed by atoms with Crippen LogP contribution >= 0.6 is 12.2 Å². The second-order valence-electron chi connectivity index (χ2n) is 2.69. The van der Waals surface area contributed by atoms with Crippen LogP contribution < -0.4 is 4.74 Å². The van der Waals surface area contributed by atoms with Gasteiger partial charge in [0.2, 0.25) is 5.55 Å². The molecule has 0 bridgehead atoms. The van der Waals surface area contributed by atoms with E-state index in [1.807, 2.05) is 36.4 Å². The van der Waals surface area contributed by atoms with E-state index in [-0.39, 0.29) is 0 Å². The Morgan fingerprint density at radius 3 is 2.54 bits per heavy atom. The number of benzene rings is 2. The van der Waals surface area contributed by atoms with Gasteiger partial charge in [0, 0.05) is 0 Å². The molecule has 1 radical (unpaired) electrons. The zero-order valence-corrected chi connectivity index (χ0v) is 7.67. The van der Waals surface area contributed by atoms with Crippen LogP contribution in [0.15, 0.2) is 42.5 Å². The van der Waals surface area contributed by atoms with Gasteiger partial charge in [-0.1, -0.05) is 30.3 Å². The lowest BCUT2D eigenvalue weighted by molar-refractivity contribution is 0.587. The fourth-order valence-electron chi connectivity index (χ4n) is 1.28. The first-order valence-electron chi connectivity index (χ1n) is 3.93. The number of fused-ring (bicyclic) bond motifs is 1. The average Bonchev–Trinajstić information content (AvgIpc) is 2.18. The molecule has 0 saturated carbocycles. The largest absolute Gasteiger partial charge is 0.441 e. The molecule has 0 spiro atoms. The third kappa shape index (κ3) is 1.68. The first kappa shape index (κ1) is 8.20. The van der Waals surface area contributed by atoms with Gasteiger partial charge in [-0.15, -0.1) is 0 Å². The summed E-state index contributed by atoms with van der Waals surface area (Å²) in [6.45, 7) is 0. The Hall–Kier alpha value is -1.41. The van der Waals surface area contributed by atoms with Gasteiger partial charge < -0.3 is 4.74 Å². The molecule has 0 aliphatic heterocycles. The van der Waals surface area contributed by atoms with Gasteiger partial charge >= 0.3 is 0 Å². The lowest BCUT2D eigenvalue weighted by atomic mass is 10.1. The molecule has 2 heteroatoms. The predicted molar refractivity (Wildman–Crippen MR) is 57.2 cm³/mol. The zero-order chi connectivity index (χ0) is 9.10. The zero-order valence-electron chi connectivity index (χ0n) is 6.86. The fourth-order valence-corrected chi connectivity index (χ4v) is 1.38. The molecule has 0 N–H and O–H groups in total. The average molecular weight is 187 g/mol. The highest BCUT2D eigenvalue weighted by atomic mass is 32.1. The Kier molecular flexibility index (Phi) is 2.23. The molecule has 2 aromatic rings. The summed E-state index contributed by atoms with van der Waals surface area (Å²) in [5, 5.41) is 2.34. The van der Waals surface area contributed by atoms with Crippen LogP contribution in [0, 0.1) is 0 Å². The maximum Gasteiger partial charge on any atom is 0.245 e. The molecule has 63 valence electrons. The van der Waals surface area contributed by atoms with Crippen molar-refractivity contribution >= 4 is 28.5 Å². The Bertz CT molecular complexity index is 437. The minimum Gasteiger partial charge on any atom is -0.441 e. The summed E-state index contributed by atoms with van der Waals surface area (Å²) >= 11 is 4.48. The highest BCUT2D eigenvalue weighted by Gasteiger charge is 1.94. The molecule has 2 aromatic carbocycles. The van der Waals surface area contributed by atoms with E-state index >= 15 is 0 Å². The van der Waals surface area contributed by atoms with Crippen molar-refractivity contribution < 1.29 is 4.74 Å². The van der Waals surface area contributed by atoms with E-state index in [0.717, 1.165) is 11.1 Å². The Morgan fingerprint density at radius 1 is 1.00 bits per heavy atom. The number of thiocarbonyl (C=S) groups is 1. The van der Waals surface area contributed by atoms with Crippen molar-refractivity contribution in [3.8, 4) is 5.75 Å². The van der Waals surface area contributed by atoms with Crippen LogP contribution in [-0.2, 0) is 0 Å². The van der Waals surface area contributed by atoms with E-state index in [2.05, 4.69) is 23.8 Å². The standard InChI is InChI=1S/C11H7OS/c13-8-12-11-6-5-9-3-1-2-4-10(9)7-11/h1-7H. The molecular formula is C11H7OS. The maximum absolute atomic E-state index is 4.98. The van der Waals surface area contributed by atoms with E-state index in [0.29, 0.717) is 0 Å². The summed E-state index contributed by atoms with van der Waals surface area (Å²) in [6, 6.07) is 13.9. The van der Waals surface area contributed by atoms with E-state index < -0.39 is 0 Å².